The summed E-state index contributed by atoms with van der Waals surface area (Å²) >= 11 is 0. The monoisotopic (exact) mass is 495 g/mol. The quantitative estimate of drug-likeness (QED) is 0.605. The molecule has 1 N–H and O–H groups in total. The van der Waals surface area contributed by atoms with Crippen LogP contribution in [0.2, 0.25) is 0 Å². The van der Waals surface area contributed by atoms with Crippen molar-refractivity contribution in [1.82, 2.24) is 15.1 Å². The third-order valence-corrected chi connectivity index (χ3v) is 6.90. The largest absolute Gasteiger partial charge is 0.496 e. The van der Waals surface area contributed by atoms with Crippen molar-refractivity contribution >= 4 is 17.7 Å². The van der Waals surface area contributed by atoms with Gasteiger partial charge in [0.15, 0.2) is 11.5 Å². The van der Waals surface area contributed by atoms with E-state index in [-0.39, 0.29) is 30.4 Å². The summed E-state index contributed by atoms with van der Waals surface area (Å²) in [6.45, 7) is 6.05. The Kier molecular flexibility index (Phi) is 7.97. The van der Waals surface area contributed by atoms with Crippen LogP contribution >= 0.6 is 0 Å². The van der Waals surface area contributed by atoms with E-state index in [1.165, 1.54) is 0 Å². The third kappa shape index (κ3) is 5.24. The molecule has 3 amide bonds. The number of hydrogen-bond donors (Lipinski definition) is 1. The molecule has 0 bridgehead atoms. The van der Waals surface area contributed by atoms with E-state index in [9.17, 15) is 14.4 Å². The lowest BCUT2D eigenvalue weighted by Gasteiger charge is -2.37. The van der Waals surface area contributed by atoms with Gasteiger partial charge in [-0.25, -0.2) is 0 Å². The number of piperidine rings is 1. The van der Waals surface area contributed by atoms with E-state index in [2.05, 4.69) is 5.32 Å². The Morgan fingerprint density at radius 2 is 1.75 bits per heavy atom. The molecule has 9 nitrogen and oxygen atoms in total. The molecule has 192 valence electrons. The smallest absolute Gasteiger partial charge is 0.257 e. The van der Waals surface area contributed by atoms with Gasteiger partial charge in [-0.2, -0.15) is 0 Å². The fourth-order valence-electron chi connectivity index (χ4n) is 4.80. The molecule has 9 heteroatoms. The second kappa shape index (κ2) is 11.3. The minimum absolute atomic E-state index is 0.0954. The molecule has 0 spiro atoms. The molecule has 0 aromatic heterocycles. The number of fused-ring (bicyclic) bond motifs is 1. The Morgan fingerprint density at radius 1 is 1.06 bits per heavy atom. The first-order valence-electron chi connectivity index (χ1n) is 12.4. The van der Waals surface area contributed by atoms with Gasteiger partial charge in [0.25, 0.3) is 11.8 Å². The molecule has 1 fully saturated rings. The summed E-state index contributed by atoms with van der Waals surface area (Å²) in [7, 11) is 1.55. The molecule has 2 aliphatic rings. The van der Waals surface area contributed by atoms with Crippen molar-refractivity contribution in [3.63, 3.8) is 0 Å². The highest BCUT2D eigenvalue weighted by Gasteiger charge is 2.36. The first-order chi connectivity index (χ1) is 17.5. The fraction of sp³-hybridized carbons (Fsp3) is 0.444. The lowest BCUT2D eigenvalue weighted by atomic mass is 9.87. The summed E-state index contributed by atoms with van der Waals surface area (Å²) < 4.78 is 16.1. The molecule has 2 aromatic carbocycles. The van der Waals surface area contributed by atoms with Gasteiger partial charge in [-0.15, -0.1) is 0 Å². The van der Waals surface area contributed by atoms with Crippen LogP contribution in [0.1, 0.15) is 47.4 Å². The summed E-state index contributed by atoms with van der Waals surface area (Å²) in [5.41, 5.74) is 0.922. The zero-order chi connectivity index (χ0) is 25.7. The minimum atomic E-state index is -0.689. The minimum Gasteiger partial charge on any atom is -0.496 e. The van der Waals surface area contributed by atoms with Crippen LogP contribution in [-0.2, 0) is 4.79 Å². The Morgan fingerprint density at radius 3 is 2.44 bits per heavy atom. The molecule has 36 heavy (non-hydrogen) atoms. The molecule has 4 rings (SSSR count). The number of nitrogens with one attached hydrogen (secondary N) is 1. The molecule has 1 saturated heterocycles. The van der Waals surface area contributed by atoms with E-state index in [0.29, 0.717) is 67.4 Å². The molecule has 0 saturated carbocycles. The van der Waals surface area contributed by atoms with Crippen LogP contribution in [0.5, 0.6) is 17.2 Å². The van der Waals surface area contributed by atoms with E-state index < -0.39 is 6.04 Å². The number of amides is 3. The van der Waals surface area contributed by atoms with Crippen LogP contribution < -0.4 is 19.5 Å². The fourth-order valence-corrected chi connectivity index (χ4v) is 4.80. The first kappa shape index (κ1) is 25.3. The molecular formula is C27H33N3O6. The Bertz CT molecular complexity index is 1110. The second-order valence-corrected chi connectivity index (χ2v) is 8.86. The van der Waals surface area contributed by atoms with Crippen molar-refractivity contribution in [3.05, 3.63) is 53.6 Å². The highest BCUT2D eigenvalue weighted by atomic mass is 16.7. The van der Waals surface area contributed by atoms with Crippen LogP contribution in [0, 0.1) is 5.92 Å². The normalized spacial score (nSPS) is 15.8. The summed E-state index contributed by atoms with van der Waals surface area (Å²) in [6.07, 6.45) is 1.19. The number of rotatable bonds is 8. The van der Waals surface area contributed by atoms with Gasteiger partial charge in [0.05, 0.1) is 12.7 Å². The molecule has 2 aliphatic heterocycles. The van der Waals surface area contributed by atoms with Crippen LogP contribution in [0.4, 0.5) is 0 Å². The van der Waals surface area contributed by atoms with Crippen molar-refractivity contribution in [2.45, 2.75) is 32.7 Å². The van der Waals surface area contributed by atoms with Gasteiger partial charge >= 0.3 is 0 Å². The van der Waals surface area contributed by atoms with Crippen molar-refractivity contribution < 1.29 is 28.6 Å². The van der Waals surface area contributed by atoms with Gasteiger partial charge in [0, 0.05) is 31.7 Å². The van der Waals surface area contributed by atoms with Gasteiger partial charge < -0.3 is 29.3 Å². The van der Waals surface area contributed by atoms with Gasteiger partial charge in [0.1, 0.15) is 11.8 Å². The number of likely N-dealkylation sites (N-methyl/N-ethyl adjacent to an activating group) is 1. The van der Waals surface area contributed by atoms with Crippen molar-refractivity contribution in [2.75, 3.05) is 40.1 Å². The summed E-state index contributed by atoms with van der Waals surface area (Å²) in [6, 6.07) is 11.5. The zero-order valence-corrected chi connectivity index (χ0v) is 21.0. The maximum Gasteiger partial charge on any atom is 0.257 e. The maximum absolute atomic E-state index is 13.4. The molecular weight excluding hydrogens is 462 g/mol. The van der Waals surface area contributed by atoms with Gasteiger partial charge in [-0.05, 0) is 62.9 Å². The Labute approximate surface area is 211 Å². The number of benzene rings is 2. The van der Waals surface area contributed by atoms with Crippen LogP contribution in [-0.4, -0.2) is 73.6 Å². The predicted molar refractivity (Wildman–Crippen MR) is 133 cm³/mol. The highest BCUT2D eigenvalue weighted by molar-refractivity contribution is 5.98. The SMILES string of the molecule is CCN(CC)C(=O)C(NC(=O)c1ccc2c(c1)OCO2)C1CCN(C(=O)c2ccccc2OC)CC1. The molecule has 2 heterocycles. The average Bonchev–Trinajstić information content (AvgIpc) is 3.40. The van der Waals surface area contributed by atoms with Crippen LogP contribution in [0.3, 0.4) is 0 Å². The maximum atomic E-state index is 13.4. The molecule has 1 atom stereocenters. The number of para-hydroxylation sites is 1. The number of carbonyl (C=O) groups excluding carboxylic acids is 3. The number of hydrogen-bond acceptors (Lipinski definition) is 6. The third-order valence-electron chi connectivity index (χ3n) is 6.90. The molecule has 2 aromatic rings. The van der Waals surface area contributed by atoms with Crippen molar-refractivity contribution in [3.8, 4) is 17.2 Å². The second-order valence-electron chi connectivity index (χ2n) is 8.86. The summed E-state index contributed by atoms with van der Waals surface area (Å²) in [5, 5.41) is 2.99. The van der Waals surface area contributed by atoms with E-state index in [1.807, 2.05) is 26.0 Å². The van der Waals surface area contributed by atoms with E-state index >= 15 is 0 Å². The van der Waals surface area contributed by atoms with Gasteiger partial charge in [-0.1, -0.05) is 12.1 Å². The Hall–Kier alpha value is -3.75. The van der Waals surface area contributed by atoms with Crippen LogP contribution in [0.15, 0.2) is 42.5 Å². The molecule has 0 aliphatic carbocycles. The van der Waals surface area contributed by atoms with Gasteiger partial charge in [0.2, 0.25) is 12.7 Å². The van der Waals surface area contributed by atoms with E-state index in [1.54, 1.807) is 47.2 Å². The van der Waals surface area contributed by atoms with E-state index in [0.717, 1.165) is 0 Å². The van der Waals surface area contributed by atoms with E-state index in [4.69, 9.17) is 14.2 Å². The number of likely N-dealkylation sites (tertiary alicyclic amines) is 1. The van der Waals surface area contributed by atoms with Crippen molar-refractivity contribution in [1.29, 1.82) is 0 Å². The first-order valence-corrected chi connectivity index (χ1v) is 12.4. The predicted octanol–water partition coefficient (Wildman–Crippen LogP) is 2.94. The Balaban J connectivity index is 1.48. The highest BCUT2D eigenvalue weighted by Crippen LogP contribution is 2.33. The number of ether oxygens (including phenoxy) is 3. The lowest BCUT2D eigenvalue weighted by Crippen LogP contribution is -2.54. The van der Waals surface area contributed by atoms with Gasteiger partial charge in [-0.3, -0.25) is 14.4 Å². The zero-order valence-electron chi connectivity index (χ0n) is 21.0. The number of methoxy groups -OCH3 is 1. The topological polar surface area (TPSA) is 97.4 Å². The molecule has 1 unspecified atom stereocenters. The average molecular weight is 496 g/mol. The molecule has 0 radical (unpaired) electrons. The summed E-state index contributed by atoms with van der Waals surface area (Å²) in [5.74, 6) is 0.997. The number of nitrogens with zero attached hydrogens (tertiary/aromatic N) is 2. The standard InChI is InChI=1S/C27H33N3O6/c1-4-29(5-2)27(33)24(28-25(31)19-10-11-22-23(16-19)36-17-35-22)18-12-14-30(15-13-18)26(32)20-8-6-7-9-21(20)34-3/h6-11,16,18,24H,4-5,12-15,17H2,1-3H3,(H,28,31). The lowest BCUT2D eigenvalue weighted by molar-refractivity contribution is -0.134. The summed E-state index contributed by atoms with van der Waals surface area (Å²) in [4.78, 5) is 43.3. The van der Waals surface area contributed by atoms with Crippen molar-refractivity contribution in [2.24, 2.45) is 5.92 Å². The number of carbonyl (C=O) groups is 3. The van der Waals surface area contributed by atoms with Crippen LogP contribution in [0.25, 0.3) is 0 Å².